The summed E-state index contributed by atoms with van der Waals surface area (Å²) < 4.78 is 5.10. The number of ether oxygens (including phenoxy) is 1. The standard InChI is InChI=1S/C22H32N2O4/c1-28-16-21(25)24-13-6-4-2-3-5-12-23(19-8-7-9-19)15-18-14-17(22(26)27)10-11-20(18)24/h10-11,14,19H,2-9,12-13,15-16H2,1H3,(H,26,27). The third-order valence-corrected chi connectivity index (χ3v) is 5.98. The van der Waals surface area contributed by atoms with E-state index in [2.05, 4.69) is 4.90 Å². The number of fused-ring (bicyclic) bond motifs is 1. The second-order valence-electron chi connectivity index (χ2n) is 7.95. The molecule has 28 heavy (non-hydrogen) atoms. The Kier molecular flexibility index (Phi) is 7.45. The quantitative estimate of drug-likeness (QED) is 0.852. The summed E-state index contributed by atoms with van der Waals surface area (Å²) in [7, 11) is 1.53. The fraction of sp³-hybridized carbons (Fsp3) is 0.636. The minimum absolute atomic E-state index is 0.0342. The van der Waals surface area contributed by atoms with Gasteiger partial charge in [-0.15, -0.1) is 0 Å². The minimum atomic E-state index is -0.932. The third kappa shape index (κ3) is 5.11. The van der Waals surface area contributed by atoms with E-state index in [0.29, 0.717) is 19.1 Å². The van der Waals surface area contributed by atoms with Crippen LogP contribution in [0.4, 0.5) is 5.69 Å². The number of anilines is 1. The van der Waals surface area contributed by atoms with E-state index in [1.54, 1.807) is 23.1 Å². The van der Waals surface area contributed by atoms with Gasteiger partial charge in [-0.05, 0) is 56.0 Å². The maximum atomic E-state index is 12.8. The number of methoxy groups -OCH3 is 1. The normalized spacial score (nSPS) is 19.8. The van der Waals surface area contributed by atoms with Crippen molar-refractivity contribution in [1.82, 2.24) is 4.90 Å². The molecule has 6 heteroatoms. The fourth-order valence-corrected chi connectivity index (χ4v) is 4.17. The molecule has 0 saturated heterocycles. The first-order chi connectivity index (χ1) is 13.6. The Labute approximate surface area is 167 Å². The number of carboxylic acid groups (broad SMARTS) is 1. The SMILES string of the molecule is COCC(=O)N1CCCCCCCN(C2CCC2)Cc2cc(C(=O)O)ccc21. The summed E-state index contributed by atoms with van der Waals surface area (Å²) in [6.45, 7) is 2.41. The van der Waals surface area contributed by atoms with Crippen molar-refractivity contribution in [2.45, 2.75) is 64.0 Å². The molecule has 1 aliphatic carbocycles. The molecule has 1 aliphatic heterocycles. The summed E-state index contributed by atoms with van der Waals surface area (Å²) >= 11 is 0. The molecule has 1 fully saturated rings. The number of carbonyl (C=O) groups excluding carboxylic acids is 1. The molecule has 6 nitrogen and oxygen atoms in total. The first-order valence-electron chi connectivity index (χ1n) is 10.5. The molecule has 1 amide bonds. The van der Waals surface area contributed by atoms with E-state index in [0.717, 1.165) is 30.6 Å². The molecule has 1 heterocycles. The van der Waals surface area contributed by atoms with Crippen molar-refractivity contribution in [3.05, 3.63) is 29.3 Å². The lowest BCUT2D eigenvalue weighted by molar-refractivity contribution is -0.122. The van der Waals surface area contributed by atoms with Crippen molar-refractivity contribution in [2.24, 2.45) is 0 Å². The highest BCUT2D eigenvalue weighted by Gasteiger charge is 2.27. The lowest BCUT2D eigenvalue weighted by atomic mass is 9.90. The molecule has 0 bridgehead atoms. The second kappa shape index (κ2) is 10.0. The zero-order valence-corrected chi connectivity index (χ0v) is 16.9. The van der Waals surface area contributed by atoms with Gasteiger partial charge in [-0.25, -0.2) is 4.79 Å². The van der Waals surface area contributed by atoms with E-state index in [9.17, 15) is 14.7 Å². The van der Waals surface area contributed by atoms with Crippen LogP contribution in [0.2, 0.25) is 0 Å². The largest absolute Gasteiger partial charge is 0.478 e. The number of amides is 1. The van der Waals surface area contributed by atoms with Gasteiger partial charge in [0.15, 0.2) is 0 Å². The van der Waals surface area contributed by atoms with Gasteiger partial charge >= 0.3 is 5.97 Å². The zero-order chi connectivity index (χ0) is 19.9. The molecule has 0 radical (unpaired) electrons. The van der Waals surface area contributed by atoms with Crippen molar-refractivity contribution in [3.8, 4) is 0 Å². The molecule has 1 aromatic carbocycles. The van der Waals surface area contributed by atoms with Crippen LogP contribution in [0.15, 0.2) is 18.2 Å². The average molecular weight is 389 g/mol. The topological polar surface area (TPSA) is 70.1 Å². The summed E-state index contributed by atoms with van der Waals surface area (Å²) in [5.74, 6) is -1.00. The van der Waals surface area contributed by atoms with Crippen LogP contribution in [0.1, 0.15) is 67.3 Å². The van der Waals surface area contributed by atoms with Crippen LogP contribution in [0.25, 0.3) is 0 Å². The van der Waals surface area contributed by atoms with Crippen molar-refractivity contribution in [2.75, 3.05) is 31.7 Å². The predicted octanol–water partition coefficient (Wildman–Crippen LogP) is 3.68. The summed E-state index contributed by atoms with van der Waals surface area (Å²) in [5, 5.41) is 9.47. The van der Waals surface area contributed by atoms with Gasteiger partial charge in [0.05, 0.1) is 5.56 Å². The van der Waals surface area contributed by atoms with Crippen LogP contribution < -0.4 is 4.90 Å². The van der Waals surface area contributed by atoms with Crippen molar-refractivity contribution < 1.29 is 19.4 Å². The minimum Gasteiger partial charge on any atom is -0.478 e. The Balaban J connectivity index is 1.97. The molecule has 0 unspecified atom stereocenters. The first-order valence-corrected chi connectivity index (χ1v) is 10.5. The number of hydrogen-bond donors (Lipinski definition) is 1. The molecular weight excluding hydrogens is 356 g/mol. The Morgan fingerprint density at radius 3 is 2.43 bits per heavy atom. The summed E-state index contributed by atoms with van der Waals surface area (Å²) in [6, 6.07) is 5.74. The molecular formula is C22H32N2O4. The number of hydrogen-bond acceptors (Lipinski definition) is 4. The zero-order valence-electron chi connectivity index (χ0n) is 16.9. The van der Waals surface area contributed by atoms with Gasteiger partial charge in [0.1, 0.15) is 6.61 Å². The highest BCUT2D eigenvalue weighted by atomic mass is 16.5. The van der Waals surface area contributed by atoms with Crippen molar-refractivity contribution in [3.63, 3.8) is 0 Å². The predicted molar refractivity (Wildman–Crippen MR) is 109 cm³/mol. The van der Waals surface area contributed by atoms with Gasteiger partial charge in [0.25, 0.3) is 5.91 Å². The second-order valence-corrected chi connectivity index (χ2v) is 7.95. The van der Waals surface area contributed by atoms with E-state index in [1.165, 1.54) is 45.6 Å². The summed E-state index contributed by atoms with van der Waals surface area (Å²) in [5.41, 5.74) is 2.03. The average Bonchev–Trinajstić information content (AvgIpc) is 2.61. The molecule has 154 valence electrons. The van der Waals surface area contributed by atoms with Crippen LogP contribution in [0, 0.1) is 0 Å². The monoisotopic (exact) mass is 388 g/mol. The molecule has 1 N–H and O–H groups in total. The van der Waals surface area contributed by atoms with Crippen LogP contribution in [-0.2, 0) is 16.1 Å². The molecule has 0 aromatic heterocycles. The Bertz CT molecular complexity index is 687. The van der Waals surface area contributed by atoms with Crippen molar-refractivity contribution in [1.29, 1.82) is 0 Å². The Morgan fingerprint density at radius 1 is 1.07 bits per heavy atom. The van der Waals surface area contributed by atoms with E-state index in [1.807, 2.05) is 0 Å². The maximum absolute atomic E-state index is 12.8. The first kappa shape index (κ1) is 20.8. The van der Waals surface area contributed by atoms with Crippen LogP contribution >= 0.6 is 0 Å². The fourth-order valence-electron chi connectivity index (χ4n) is 4.17. The molecule has 0 spiro atoms. The highest BCUT2D eigenvalue weighted by Crippen LogP contribution is 2.31. The lowest BCUT2D eigenvalue weighted by Crippen LogP contribution is -2.41. The number of nitrogens with zero attached hydrogens (tertiary/aromatic N) is 2. The van der Waals surface area contributed by atoms with Crippen LogP contribution in [-0.4, -0.2) is 54.7 Å². The van der Waals surface area contributed by atoms with Gasteiger partial charge in [0, 0.05) is 31.9 Å². The highest BCUT2D eigenvalue weighted by molar-refractivity contribution is 5.96. The Hall–Kier alpha value is -1.92. The Morgan fingerprint density at radius 2 is 1.79 bits per heavy atom. The van der Waals surface area contributed by atoms with Gasteiger partial charge in [0.2, 0.25) is 0 Å². The van der Waals surface area contributed by atoms with Crippen LogP contribution in [0.5, 0.6) is 0 Å². The molecule has 2 aliphatic rings. The smallest absolute Gasteiger partial charge is 0.335 e. The van der Waals surface area contributed by atoms with Gasteiger partial charge in [-0.2, -0.15) is 0 Å². The summed E-state index contributed by atoms with van der Waals surface area (Å²) in [6.07, 6.45) is 9.30. The maximum Gasteiger partial charge on any atom is 0.335 e. The lowest BCUT2D eigenvalue weighted by Gasteiger charge is -2.39. The van der Waals surface area contributed by atoms with Crippen LogP contribution in [0.3, 0.4) is 0 Å². The third-order valence-electron chi connectivity index (χ3n) is 5.98. The molecule has 3 rings (SSSR count). The van der Waals surface area contributed by atoms with Gasteiger partial charge in [-0.3, -0.25) is 9.69 Å². The van der Waals surface area contributed by atoms with Gasteiger partial charge in [-0.1, -0.05) is 25.7 Å². The number of carbonyl (C=O) groups is 2. The van der Waals surface area contributed by atoms with E-state index < -0.39 is 5.97 Å². The summed E-state index contributed by atoms with van der Waals surface area (Å²) in [4.78, 5) is 28.6. The van der Waals surface area contributed by atoms with E-state index >= 15 is 0 Å². The van der Waals surface area contributed by atoms with E-state index in [-0.39, 0.29) is 18.1 Å². The molecule has 1 aromatic rings. The molecule has 0 atom stereocenters. The molecule has 1 saturated carbocycles. The number of aromatic carboxylic acids is 1. The van der Waals surface area contributed by atoms with E-state index in [4.69, 9.17) is 4.74 Å². The number of rotatable bonds is 4. The van der Waals surface area contributed by atoms with Crippen molar-refractivity contribution >= 4 is 17.6 Å². The number of carboxylic acids is 1. The number of benzene rings is 1. The van der Waals surface area contributed by atoms with Gasteiger partial charge < -0.3 is 14.7 Å².